The Morgan fingerprint density at radius 1 is 1.90 bits per heavy atom. The van der Waals surface area contributed by atoms with E-state index in [1.165, 1.54) is 11.7 Å². The third kappa shape index (κ3) is 1.08. The van der Waals surface area contributed by atoms with E-state index >= 15 is 0 Å². The van der Waals surface area contributed by atoms with Crippen LogP contribution in [0.15, 0.2) is 0 Å². The van der Waals surface area contributed by atoms with Gasteiger partial charge in [0.25, 0.3) is 0 Å². The lowest BCUT2D eigenvalue weighted by atomic mass is 10.6. The molecule has 0 N–H and O–H groups in total. The molecule has 53 valence electrons. The van der Waals surface area contributed by atoms with Crippen LogP contribution < -0.4 is 0 Å². The average molecular weight is 161 g/mol. The molecule has 0 aliphatic heterocycles. The zero-order chi connectivity index (χ0) is 7.72. The topological polar surface area (TPSA) is 61.0 Å². The molecule has 6 heteroatoms. The summed E-state index contributed by atoms with van der Waals surface area (Å²) < 4.78 is 1.17. The molecule has 0 aliphatic rings. The van der Waals surface area contributed by atoms with E-state index in [4.69, 9.17) is 11.6 Å². The number of aryl methyl sites for hydroxylation is 1. The van der Waals surface area contributed by atoms with Crippen LogP contribution in [0.3, 0.4) is 0 Å². The van der Waals surface area contributed by atoms with Crippen molar-refractivity contribution in [3.8, 4) is 0 Å². The maximum absolute atomic E-state index is 10.1. The van der Waals surface area contributed by atoms with Crippen molar-refractivity contribution >= 4 is 17.4 Å². The highest BCUT2D eigenvalue weighted by molar-refractivity contribution is 6.32. The van der Waals surface area contributed by atoms with E-state index < -0.39 is 4.92 Å². The lowest BCUT2D eigenvalue weighted by Crippen LogP contribution is -1.92. The average Bonchev–Trinajstić information content (AvgIpc) is 2.10. The summed E-state index contributed by atoms with van der Waals surface area (Å²) in [5, 5.41) is 13.4. The first-order valence-electron chi connectivity index (χ1n) is 2.37. The molecule has 0 saturated carbocycles. The molecule has 1 rings (SSSR count). The molecule has 0 spiro atoms. The van der Waals surface area contributed by atoms with Crippen LogP contribution in [-0.2, 0) is 7.05 Å². The first-order chi connectivity index (χ1) is 4.61. The Balaban J connectivity index is 3.15. The molecule has 1 radical (unpaired) electrons. The van der Waals surface area contributed by atoms with Gasteiger partial charge in [0.1, 0.15) is 6.20 Å². The third-order valence-electron chi connectivity index (χ3n) is 0.874. The number of nitro groups is 1. The second-order valence-corrected chi connectivity index (χ2v) is 2.01. The predicted octanol–water partition coefficient (Wildman–Crippen LogP) is 0.782. The van der Waals surface area contributed by atoms with Crippen molar-refractivity contribution in [2.24, 2.45) is 7.05 Å². The lowest BCUT2D eigenvalue weighted by Gasteiger charge is -1.83. The van der Waals surface area contributed by atoms with E-state index in [0.717, 1.165) is 0 Å². The molecule has 1 aromatic rings. The predicted molar refractivity (Wildman–Crippen MR) is 33.7 cm³/mol. The minimum atomic E-state index is -0.654. The molecule has 0 atom stereocenters. The van der Waals surface area contributed by atoms with Crippen molar-refractivity contribution in [1.82, 2.24) is 9.78 Å². The van der Waals surface area contributed by atoms with Crippen LogP contribution in [0.5, 0.6) is 0 Å². The van der Waals surface area contributed by atoms with Gasteiger partial charge in [-0.2, -0.15) is 4.68 Å². The monoisotopic (exact) mass is 160 g/mol. The van der Waals surface area contributed by atoms with Crippen molar-refractivity contribution < 1.29 is 4.92 Å². The lowest BCUT2D eigenvalue weighted by molar-refractivity contribution is -0.389. The second-order valence-electron chi connectivity index (χ2n) is 1.63. The van der Waals surface area contributed by atoms with E-state index in [-0.39, 0.29) is 10.8 Å². The summed E-state index contributed by atoms with van der Waals surface area (Å²) in [6.07, 6.45) is 2.42. The Morgan fingerprint density at radius 3 is 2.70 bits per heavy atom. The SMILES string of the molecule is Cn1[c]c(Cl)c([N+](=O)[O-])n1. The molecule has 0 aliphatic carbocycles. The minimum absolute atomic E-state index is 0.0625. The van der Waals surface area contributed by atoms with Crippen molar-refractivity contribution in [3.63, 3.8) is 0 Å². The fourth-order valence-electron chi connectivity index (χ4n) is 0.520. The zero-order valence-corrected chi connectivity index (χ0v) is 5.79. The van der Waals surface area contributed by atoms with Gasteiger partial charge < -0.3 is 10.1 Å². The molecule has 0 bridgehead atoms. The van der Waals surface area contributed by atoms with Crippen molar-refractivity contribution in [1.29, 1.82) is 0 Å². The highest BCUT2D eigenvalue weighted by Crippen LogP contribution is 2.19. The van der Waals surface area contributed by atoms with E-state index in [2.05, 4.69) is 11.3 Å². The van der Waals surface area contributed by atoms with Gasteiger partial charge in [0.15, 0.2) is 5.02 Å². The van der Waals surface area contributed by atoms with Gasteiger partial charge in [-0.1, -0.05) is 11.6 Å². The van der Waals surface area contributed by atoms with Crippen molar-refractivity contribution in [3.05, 3.63) is 21.3 Å². The fourth-order valence-corrected chi connectivity index (χ4v) is 0.749. The maximum Gasteiger partial charge on any atom is 0.409 e. The third-order valence-corrected chi connectivity index (χ3v) is 1.13. The summed E-state index contributed by atoms with van der Waals surface area (Å²) in [5.74, 6) is -0.357. The van der Waals surface area contributed by atoms with Gasteiger partial charge in [0, 0.05) is 0 Å². The van der Waals surface area contributed by atoms with E-state index in [1.54, 1.807) is 0 Å². The van der Waals surface area contributed by atoms with Gasteiger partial charge in [-0.15, -0.1) is 0 Å². The second kappa shape index (κ2) is 2.26. The van der Waals surface area contributed by atoms with Crippen LogP contribution >= 0.6 is 11.6 Å². The van der Waals surface area contributed by atoms with Crippen LogP contribution in [0, 0.1) is 16.3 Å². The highest BCUT2D eigenvalue weighted by Gasteiger charge is 2.17. The summed E-state index contributed by atoms with van der Waals surface area (Å²) in [6, 6.07) is 0. The number of hydrogen-bond acceptors (Lipinski definition) is 3. The standard InChI is InChI=1S/C4H3ClN3O2/c1-7-2-3(5)4(6-7)8(9)10/h1H3. The molecule has 10 heavy (non-hydrogen) atoms. The minimum Gasteiger partial charge on any atom is -0.358 e. The van der Waals surface area contributed by atoms with Crippen LogP contribution in [-0.4, -0.2) is 14.7 Å². The summed E-state index contributed by atoms with van der Waals surface area (Å²) in [6.45, 7) is 0. The van der Waals surface area contributed by atoms with E-state index in [0.29, 0.717) is 0 Å². The van der Waals surface area contributed by atoms with Crippen molar-refractivity contribution in [2.45, 2.75) is 0 Å². The molecule has 5 nitrogen and oxygen atoms in total. The Hall–Kier alpha value is -1.10. The zero-order valence-electron chi connectivity index (χ0n) is 5.04. The summed E-state index contributed by atoms with van der Waals surface area (Å²) in [4.78, 5) is 9.41. The number of halogens is 1. The summed E-state index contributed by atoms with van der Waals surface area (Å²) >= 11 is 5.36. The van der Waals surface area contributed by atoms with Crippen LogP contribution in [0.4, 0.5) is 5.82 Å². The van der Waals surface area contributed by atoms with Crippen molar-refractivity contribution in [2.75, 3.05) is 0 Å². The van der Waals surface area contributed by atoms with Gasteiger partial charge in [-0.05, 0) is 4.92 Å². The van der Waals surface area contributed by atoms with Crippen LogP contribution in [0.2, 0.25) is 5.02 Å². The van der Waals surface area contributed by atoms with Crippen LogP contribution in [0.1, 0.15) is 0 Å². The number of aromatic nitrogens is 2. The maximum atomic E-state index is 10.1. The van der Waals surface area contributed by atoms with E-state index in [9.17, 15) is 10.1 Å². The smallest absolute Gasteiger partial charge is 0.358 e. The van der Waals surface area contributed by atoms with Gasteiger partial charge in [-0.3, -0.25) is 0 Å². The Kier molecular flexibility index (Phi) is 1.58. The molecular formula is C4H3ClN3O2. The Labute approximate surface area is 61.4 Å². The van der Waals surface area contributed by atoms with Gasteiger partial charge in [0.2, 0.25) is 0 Å². The number of nitrogens with zero attached hydrogens (tertiary/aromatic N) is 3. The van der Waals surface area contributed by atoms with Crippen LogP contribution in [0.25, 0.3) is 0 Å². The Morgan fingerprint density at radius 2 is 2.50 bits per heavy atom. The highest BCUT2D eigenvalue weighted by atomic mass is 35.5. The molecule has 1 aromatic heterocycles. The molecule has 0 amide bonds. The number of hydrogen-bond donors (Lipinski definition) is 0. The summed E-state index contributed by atoms with van der Waals surface area (Å²) in [5.41, 5.74) is 0. The normalized spacial score (nSPS) is 9.80. The van der Waals surface area contributed by atoms with Gasteiger partial charge in [-0.25, -0.2) is 0 Å². The molecule has 0 saturated heterocycles. The largest absolute Gasteiger partial charge is 0.409 e. The quantitative estimate of drug-likeness (QED) is 0.451. The molecule has 1 heterocycles. The molecular weight excluding hydrogens is 158 g/mol. The molecule has 0 aromatic carbocycles. The molecule has 0 fully saturated rings. The number of rotatable bonds is 1. The van der Waals surface area contributed by atoms with Gasteiger partial charge in [0.05, 0.1) is 12.1 Å². The summed E-state index contributed by atoms with van der Waals surface area (Å²) in [7, 11) is 1.51. The first kappa shape index (κ1) is 7.01. The van der Waals surface area contributed by atoms with Gasteiger partial charge >= 0.3 is 5.82 Å². The Bertz CT molecular complexity index is 269. The molecule has 0 unspecified atom stereocenters. The fraction of sp³-hybridized carbons (Fsp3) is 0.250. The first-order valence-corrected chi connectivity index (χ1v) is 2.75. The van der Waals surface area contributed by atoms with E-state index in [1.807, 2.05) is 0 Å².